The number of nitrogens with two attached hydrogens (primary N) is 1. The Kier molecular flexibility index (Phi) is 5.10. The van der Waals surface area contributed by atoms with E-state index in [9.17, 15) is 8.42 Å². The number of hydrogen-bond donors (Lipinski definition) is 2. The lowest BCUT2D eigenvalue weighted by molar-refractivity contribution is 0.107. The molecular formula is C14H23N5O3S. The van der Waals surface area contributed by atoms with E-state index in [1.54, 1.807) is 6.33 Å². The second kappa shape index (κ2) is 7.08. The van der Waals surface area contributed by atoms with Crippen LogP contribution in [0.1, 0.15) is 30.5 Å². The molecule has 1 aromatic heterocycles. The fraction of sp³-hybridized carbons (Fsp3) is 0.714. The number of hydrogen-bond acceptors (Lipinski definition) is 6. The monoisotopic (exact) mass is 341 g/mol. The summed E-state index contributed by atoms with van der Waals surface area (Å²) in [4.78, 5) is 11.1. The highest BCUT2D eigenvalue weighted by Gasteiger charge is 2.24. The van der Waals surface area contributed by atoms with Crippen molar-refractivity contribution in [1.82, 2.24) is 14.7 Å². The van der Waals surface area contributed by atoms with E-state index >= 15 is 0 Å². The van der Waals surface area contributed by atoms with Crippen LogP contribution in [0.15, 0.2) is 6.33 Å². The predicted molar refractivity (Wildman–Crippen MR) is 86.1 cm³/mol. The molecule has 2 aliphatic heterocycles. The first-order chi connectivity index (χ1) is 11.0. The van der Waals surface area contributed by atoms with E-state index in [4.69, 9.17) is 9.88 Å². The molecule has 3 heterocycles. The number of nitrogens with one attached hydrogen (secondary N) is 1. The molecule has 0 radical (unpaired) electrons. The topological polar surface area (TPSA) is 110 Å². The lowest BCUT2D eigenvalue weighted by atomic mass is 9.93. The SMILES string of the molecule is NS(=O)(=O)NCCC1CCN(c2ncnc3c2CCOC3)CC1. The van der Waals surface area contributed by atoms with E-state index in [2.05, 4.69) is 19.6 Å². The molecule has 0 amide bonds. The van der Waals surface area contributed by atoms with E-state index in [1.807, 2.05) is 0 Å². The van der Waals surface area contributed by atoms with Gasteiger partial charge in [0.15, 0.2) is 0 Å². The van der Waals surface area contributed by atoms with Crippen molar-refractivity contribution in [2.45, 2.75) is 32.3 Å². The third kappa shape index (κ3) is 4.37. The van der Waals surface area contributed by atoms with Crippen LogP contribution in [0.3, 0.4) is 0 Å². The first kappa shape index (κ1) is 16.6. The number of nitrogens with zero attached hydrogens (tertiary/aromatic N) is 3. The maximum Gasteiger partial charge on any atom is 0.274 e. The summed E-state index contributed by atoms with van der Waals surface area (Å²) in [5.41, 5.74) is 2.22. The average Bonchev–Trinajstić information content (AvgIpc) is 2.54. The Labute approximate surface area is 136 Å². The van der Waals surface area contributed by atoms with Gasteiger partial charge in [-0.05, 0) is 25.2 Å². The molecule has 2 aliphatic rings. The molecule has 0 bridgehead atoms. The molecule has 0 aliphatic carbocycles. The van der Waals surface area contributed by atoms with Crippen LogP contribution in [0, 0.1) is 5.92 Å². The predicted octanol–water partition coefficient (Wildman–Crippen LogP) is -0.0511. The van der Waals surface area contributed by atoms with Gasteiger partial charge in [-0.15, -0.1) is 0 Å². The molecule has 3 N–H and O–H groups in total. The number of rotatable bonds is 5. The van der Waals surface area contributed by atoms with Crippen molar-refractivity contribution >= 4 is 16.0 Å². The maximum absolute atomic E-state index is 10.9. The molecule has 0 aromatic carbocycles. The summed E-state index contributed by atoms with van der Waals surface area (Å²) in [6.45, 7) is 3.57. The molecule has 1 fully saturated rings. The zero-order valence-corrected chi connectivity index (χ0v) is 13.9. The fourth-order valence-corrected chi connectivity index (χ4v) is 3.68. The molecule has 1 saturated heterocycles. The minimum absolute atomic E-state index is 0.406. The third-order valence-electron chi connectivity index (χ3n) is 4.52. The number of fused-ring (bicyclic) bond motifs is 1. The molecule has 0 spiro atoms. The summed E-state index contributed by atoms with van der Waals surface area (Å²) in [6.07, 6.45) is 5.36. The van der Waals surface area contributed by atoms with Crippen LogP contribution < -0.4 is 14.8 Å². The number of piperidine rings is 1. The Hall–Kier alpha value is -1.29. The van der Waals surface area contributed by atoms with Gasteiger partial charge in [-0.1, -0.05) is 0 Å². The smallest absolute Gasteiger partial charge is 0.274 e. The van der Waals surface area contributed by atoms with Crippen LogP contribution >= 0.6 is 0 Å². The molecule has 0 unspecified atom stereocenters. The van der Waals surface area contributed by atoms with E-state index in [1.165, 1.54) is 5.56 Å². The summed E-state index contributed by atoms with van der Waals surface area (Å²) < 4.78 is 29.6. The van der Waals surface area contributed by atoms with Gasteiger partial charge in [-0.2, -0.15) is 8.42 Å². The first-order valence-electron chi connectivity index (χ1n) is 7.96. The molecule has 128 valence electrons. The highest BCUT2D eigenvalue weighted by Crippen LogP contribution is 2.28. The quantitative estimate of drug-likeness (QED) is 0.777. The minimum Gasteiger partial charge on any atom is -0.375 e. The van der Waals surface area contributed by atoms with Gasteiger partial charge in [0, 0.05) is 31.6 Å². The zero-order chi connectivity index (χ0) is 16.3. The number of aromatic nitrogens is 2. The van der Waals surface area contributed by atoms with Crippen molar-refractivity contribution < 1.29 is 13.2 Å². The molecule has 8 nitrogen and oxygen atoms in total. The van der Waals surface area contributed by atoms with E-state index in [0.717, 1.165) is 56.9 Å². The van der Waals surface area contributed by atoms with Crippen molar-refractivity contribution in [3.05, 3.63) is 17.6 Å². The van der Waals surface area contributed by atoms with Gasteiger partial charge in [0.2, 0.25) is 0 Å². The van der Waals surface area contributed by atoms with Crippen molar-refractivity contribution in [2.24, 2.45) is 11.1 Å². The summed E-state index contributed by atoms with van der Waals surface area (Å²) in [7, 11) is -3.58. The Bertz CT molecular complexity index is 644. The van der Waals surface area contributed by atoms with E-state index < -0.39 is 10.2 Å². The summed E-state index contributed by atoms with van der Waals surface area (Å²) in [5, 5.41) is 4.94. The van der Waals surface area contributed by atoms with Crippen LogP contribution in [-0.4, -0.2) is 44.6 Å². The fourth-order valence-electron chi connectivity index (χ4n) is 3.27. The minimum atomic E-state index is -3.58. The van der Waals surface area contributed by atoms with Gasteiger partial charge in [-0.25, -0.2) is 19.8 Å². The Balaban J connectivity index is 1.55. The van der Waals surface area contributed by atoms with Gasteiger partial charge in [0.25, 0.3) is 10.2 Å². The number of anilines is 1. The molecule has 0 atom stereocenters. The maximum atomic E-state index is 10.9. The normalized spacial score (nSPS) is 19.6. The zero-order valence-electron chi connectivity index (χ0n) is 13.1. The van der Waals surface area contributed by atoms with Gasteiger partial charge in [0.05, 0.1) is 18.9 Å². The van der Waals surface area contributed by atoms with Crippen molar-refractivity contribution in [3.8, 4) is 0 Å². The highest BCUT2D eigenvalue weighted by molar-refractivity contribution is 7.87. The van der Waals surface area contributed by atoms with E-state index in [-0.39, 0.29) is 0 Å². The van der Waals surface area contributed by atoms with Gasteiger partial charge < -0.3 is 9.64 Å². The van der Waals surface area contributed by atoms with Crippen LogP contribution in [-0.2, 0) is 28.0 Å². The van der Waals surface area contributed by atoms with Gasteiger partial charge in [-0.3, -0.25) is 0 Å². The Morgan fingerprint density at radius 1 is 1.35 bits per heavy atom. The second-order valence-corrected chi connectivity index (χ2v) is 7.46. The lowest BCUT2D eigenvalue weighted by Gasteiger charge is -2.34. The standard InChI is InChI=1S/C14H23N5O3S/c15-23(20,21)18-5-1-11-2-6-19(7-3-11)14-12-4-8-22-9-13(12)16-10-17-14/h10-11,18H,1-9H2,(H2,15,20,21). The summed E-state index contributed by atoms with van der Waals surface area (Å²) in [6, 6.07) is 0. The van der Waals surface area contributed by atoms with Crippen LogP contribution in [0.2, 0.25) is 0 Å². The Morgan fingerprint density at radius 3 is 2.87 bits per heavy atom. The van der Waals surface area contributed by atoms with E-state index in [0.29, 0.717) is 19.1 Å². The molecule has 3 rings (SSSR count). The lowest BCUT2D eigenvalue weighted by Crippen LogP contribution is -2.37. The summed E-state index contributed by atoms with van der Waals surface area (Å²) in [5.74, 6) is 1.56. The largest absolute Gasteiger partial charge is 0.375 e. The highest BCUT2D eigenvalue weighted by atomic mass is 32.2. The van der Waals surface area contributed by atoms with Crippen LogP contribution in [0.5, 0.6) is 0 Å². The van der Waals surface area contributed by atoms with Crippen LogP contribution in [0.25, 0.3) is 0 Å². The van der Waals surface area contributed by atoms with Gasteiger partial charge >= 0.3 is 0 Å². The first-order valence-corrected chi connectivity index (χ1v) is 9.50. The van der Waals surface area contributed by atoms with Crippen LogP contribution in [0.4, 0.5) is 5.82 Å². The van der Waals surface area contributed by atoms with Crippen molar-refractivity contribution in [1.29, 1.82) is 0 Å². The molecular weight excluding hydrogens is 318 g/mol. The molecule has 1 aromatic rings. The number of ether oxygens (including phenoxy) is 1. The van der Waals surface area contributed by atoms with Gasteiger partial charge in [0.1, 0.15) is 12.1 Å². The molecule has 9 heteroatoms. The molecule has 23 heavy (non-hydrogen) atoms. The average molecular weight is 341 g/mol. The Morgan fingerprint density at radius 2 is 2.13 bits per heavy atom. The second-order valence-electron chi connectivity index (χ2n) is 6.08. The molecule has 0 saturated carbocycles. The summed E-state index contributed by atoms with van der Waals surface area (Å²) >= 11 is 0. The van der Waals surface area contributed by atoms with Crippen molar-refractivity contribution in [2.75, 3.05) is 31.1 Å². The van der Waals surface area contributed by atoms with Crippen molar-refractivity contribution in [3.63, 3.8) is 0 Å². The third-order valence-corrected chi connectivity index (χ3v) is 5.12.